The molecule has 140 valence electrons. The van der Waals surface area contributed by atoms with E-state index in [0.29, 0.717) is 12.3 Å². The second-order valence-electron chi connectivity index (χ2n) is 7.47. The Morgan fingerprint density at radius 2 is 2.00 bits per heavy atom. The summed E-state index contributed by atoms with van der Waals surface area (Å²) in [5, 5.41) is 7.65. The van der Waals surface area contributed by atoms with Crippen LogP contribution in [0.2, 0.25) is 0 Å². The molecule has 0 saturated heterocycles. The number of halogens is 1. The third-order valence-electron chi connectivity index (χ3n) is 5.68. The van der Waals surface area contributed by atoms with Crippen molar-refractivity contribution in [2.24, 2.45) is 13.0 Å². The summed E-state index contributed by atoms with van der Waals surface area (Å²) in [5.41, 5.74) is 4.45. The SMILES string of the molecule is Cc1nn(C)c(C)c1CCC(=O)N[C@@H]1CCC[C@@H]1Cc1ccc(F)cc1. The molecule has 5 heteroatoms. The number of aromatic nitrogens is 2. The van der Waals surface area contributed by atoms with Gasteiger partial charge in [-0.2, -0.15) is 5.10 Å². The van der Waals surface area contributed by atoms with Crippen molar-refractivity contribution in [3.05, 3.63) is 52.6 Å². The topological polar surface area (TPSA) is 46.9 Å². The molecule has 3 rings (SSSR count). The first-order valence-electron chi connectivity index (χ1n) is 9.47. The van der Waals surface area contributed by atoms with E-state index in [9.17, 15) is 9.18 Å². The van der Waals surface area contributed by atoms with Crippen LogP contribution in [0.25, 0.3) is 0 Å². The highest BCUT2D eigenvalue weighted by atomic mass is 19.1. The summed E-state index contributed by atoms with van der Waals surface area (Å²) in [6, 6.07) is 6.94. The van der Waals surface area contributed by atoms with Gasteiger partial charge in [0, 0.05) is 25.2 Å². The summed E-state index contributed by atoms with van der Waals surface area (Å²) in [7, 11) is 1.93. The first-order chi connectivity index (χ1) is 12.4. The van der Waals surface area contributed by atoms with Crippen LogP contribution < -0.4 is 5.32 Å². The fourth-order valence-electron chi connectivity index (χ4n) is 4.09. The van der Waals surface area contributed by atoms with Crippen molar-refractivity contribution >= 4 is 5.91 Å². The van der Waals surface area contributed by atoms with Gasteiger partial charge in [0.05, 0.1) is 5.69 Å². The second kappa shape index (κ2) is 8.02. The molecule has 1 heterocycles. The van der Waals surface area contributed by atoms with E-state index in [0.717, 1.165) is 49.1 Å². The van der Waals surface area contributed by atoms with Crippen molar-refractivity contribution in [1.82, 2.24) is 15.1 Å². The Hall–Kier alpha value is -2.17. The predicted octanol–water partition coefficient (Wildman–Crippen LogP) is 3.64. The van der Waals surface area contributed by atoms with Gasteiger partial charge in [0.2, 0.25) is 5.91 Å². The highest BCUT2D eigenvalue weighted by molar-refractivity contribution is 5.76. The number of aryl methyl sites for hydroxylation is 2. The number of carbonyl (C=O) groups excluding carboxylic acids is 1. The van der Waals surface area contributed by atoms with Crippen LogP contribution in [0.3, 0.4) is 0 Å². The molecule has 2 atom stereocenters. The number of carbonyl (C=O) groups is 1. The maximum Gasteiger partial charge on any atom is 0.220 e. The minimum absolute atomic E-state index is 0.114. The Bertz CT molecular complexity index is 766. The smallest absolute Gasteiger partial charge is 0.220 e. The van der Waals surface area contributed by atoms with Gasteiger partial charge in [-0.05, 0) is 68.7 Å². The average molecular weight is 357 g/mol. The van der Waals surface area contributed by atoms with Crippen LogP contribution in [0, 0.1) is 25.6 Å². The summed E-state index contributed by atoms with van der Waals surface area (Å²) < 4.78 is 14.9. The zero-order valence-electron chi connectivity index (χ0n) is 15.9. The fourth-order valence-corrected chi connectivity index (χ4v) is 4.09. The number of hydrogen-bond donors (Lipinski definition) is 1. The molecule has 1 N–H and O–H groups in total. The Morgan fingerprint density at radius 1 is 1.27 bits per heavy atom. The van der Waals surface area contributed by atoms with Crippen LogP contribution in [0.4, 0.5) is 4.39 Å². The van der Waals surface area contributed by atoms with Crippen LogP contribution in [0.15, 0.2) is 24.3 Å². The minimum atomic E-state index is -0.203. The molecular formula is C21H28FN3O. The molecule has 0 radical (unpaired) electrons. The molecule has 2 aromatic rings. The summed E-state index contributed by atoms with van der Waals surface area (Å²) in [5.74, 6) is 0.348. The average Bonchev–Trinajstić information content (AvgIpc) is 3.12. The molecular weight excluding hydrogens is 329 g/mol. The van der Waals surface area contributed by atoms with Gasteiger partial charge in [-0.15, -0.1) is 0 Å². The Balaban J connectivity index is 1.53. The molecule has 1 aromatic heterocycles. The first-order valence-corrected chi connectivity index (χ1v) is 9.47. The first kappa shape index (κ1) is 18.6. The van der Waals surface area contributed by atoms with Crippen molar-refractivity contribution in [1.29, 1.82) is 0 Å². The second-order valence-corrected chi connectivity index (χ2v) is 7.47. The molecule has 1 amide bonds. The zero-order chi connectivity index (χ0) is 18.7. The normalized spacial score (nSPS) is 19.7. The highest BCUT2D eigenvalue weighted by Crippen LogP contribution is 2.29. The Labute approximate surface area is 154 Å². The van der Waals surface area contributed by atoms with Gasteiger partial charge in [-0.25, -0.2) is 4.39 Å². The summed E-state index contributed by atoms with van der Waals surface area (Å²) in [6.07, 6.45) is 5.40. The Kier molecular flexibility index (Phi) is 5.74. The maximum atomic E-state index is 13.1. The number of hydrogen-bond acceptors (Lipinski definition) is 2. The molecule has 26 heavy (non-hydrogen) atoms. The van der Waals surface area contributed by atoms with Gasteiger partial charge in [0.1, 0.15) is 5.82 Å². The van der Waals surface area contributed by atoms with Crippen molar-refractivity contribution in [3.8, 4) is 0 Å². The molecule has 0 bridgehead atoms. The number of rotatable bonds is 6. The lowest BCUT2D eigenvalue weighted by Crippen LogP contribution is -2.38. The van der Waals surface area contributed by atoms with Crippen molar-refractivity contribution in [2.45, 2.75) is 58.4 Å². The van der Waals surface area contributed by atoms with Crippen LogP contribution >= 0.6 is 0 Å². The van der Waals surface area contributed by atoms with E-state index >= 15 is 0 Å². The summed E-state index contributed by atoms with van der Waals surface area (Å²) in [6.45, 7) is 4.04. The molecule has 1 aliphatic carbocycles. The number of nitrogens with zero attached hydrogens (tertiary/aromatic N) is 2. The number of benzene rings is 1. The Morgan fingerprint density at radius 3 is 2.65 bits per heavy atom. The van der Waals surface area contributed by atoms with E-state index in [-0.39, 0.29) is 17.8 Å². The van der Waals surface area contributed by atoms with Crippen LogP contribution in [-0.2, 0) is 24.7 Å². The fraction of sp³-hybridized carbons (Fsp3) is 0.524. The third-order valence-corrected chi connectivity index (χ3v) is 5.68. The van der Waals surface area contributed by atoms with Gasteiger partial charge >= 0.3 is 0 Å². The zero-order valence-corrected chi connectivity index (χ0v) is 15.9. The van der Waals surface area contributed by atoms with E-state index in [4.69, 9.17) is 0 Å². The van der Waals surface area contributed by atoms with Crippen molar-refractivity contribution in [2.75, 3.05) is 0 Å². The minimum Gasteiger partial charge on any atom is -0.353 e. The lowest BCUT2D eigenvalue weighted by Gasteiger charge is -2.21. The van der Waals surface area contributed by atoms with Gasteiger partial charge in [0.25, 0.3) is 0 Å². The summed E-state index contributed by atoms with van der Waals surface area (Å²) >= 11 is 0. The van der Waals surface area contributed by atoms with E-state index in [1.54, 1.807) is 0 Å². The monoisotopic (exact) mass is 357 g/mol. The van der Waals surface area contributed by atoms with Gasteiger partial charge in [-0.3, -0.25) is 9.48 Å². The van der Waals surface area contributed by atoms with Crippen LogP contribution in [0.1, 0.15) is 48.2 Å². The number of nitrogens with one attached hydrogen (secondary N) is 1. The lowest BCUT2D eigenvalue weighted by atomic mass is 9.94. The molecule has 0 unspecified atom stereocenters. The predicted molar refractivity (Wildman–Crippen MR) is 100 cm³/mol. The molecule has 1 aliphatic rings. The van der Waals surface area contributed by atoms with Gasteiger partial charge in [0.15, 0.2) is 0 Å². The van der Waals surface area contributed by atoms with E-state index in [2.05, 4.69) is 10.4 Å². The molecule has 1 aromatic carbocycles. The number of amides is 1. The molecule has 1 saturated carbocycles. The quantitative estimate of drug-likeness (QED) is 0.858. The van der Waals surface area contributed by atoms with E-state index < -0.39 is 0 Å². The van der Waals surface area contributed by atoms with Gasteiger partial charge < -0.3 is 5.32 Å². The van der Waals surface area contributed by atoms with Crippen molar-refractivity contribution < 1.29 is 9.18 Å². The standard InChI is InChI=1S/C21H28FN3O/c1-14-19(15(2)25(3)24-14)11-12-21(26)23-20-6-4-5-17(20)13-16-7-9-18(22)10-8-16/h7-10,17,20H,4-6,11-13H2,1-3H3,(H,23,26)/t17-,20-/m1/s1. The van der Waals surface area contributed by atoms with E-state index in [1.165, 1.54) is 17.7 Å². The van der Waals surface area contributed by atoms with Crippen molar-refractivity contribution in [3.63, 3.8) is 0 Å². The van der Waals surface area contributed by atoms with Crippen LogP contribution in [-0.4, -0.2) is 21.7 Å². The third kappa shape index (κ3) is 4.32. The molecule has 0 spiro atoms. The van der Waals surface area contributed by atoms with E-state index in [1.807, 2.05) is 37.7 Å². The molecule has 0 aliphatic heterocycles. The maximum absolute atomic E-state index is 13.1. The lowest BCUT2D eigenvalue weighted by molar-refractivity contribution is -0.122. The van der Waals surface area contributed by atoms with Gasteiger partial charge in [-0.1, -0.05) is 18.6 Å². The molecule has 4 nitrogen and oxygen atoms in total. The largest absolute Gasteiger partial charge is 0.353 e. The highest BCUT2D eigenvalue weighted by Gasteiger charge is 2.28. The summed E-state index contributed by atoms with van der Waals surface area (Å²) in [4.78, 5) is 12.5. The van der Waals surface area contributed by atoms with Crippen LogP contribution in [0.5, 0.6) is 0 Å². The molecule has 1 fully saturated rings.